The van der Waals surface area contributed by atoms with Crippen molar-refractivity contribution in [3.05, 3.63) is 80.8 Å². The zero-order valence-corrected chi connectivity index (χ0v) is 20.1. The standard InChI is InChI=1S/C25H26N8O3/c1-3-6-20-26-23-21(24(34)32(13-14-36-2)25(35)27-23)33(20)15-16-9-11-17(12-10-16)18-7-4-5-8-19(18)22-28-30-31-29-22/h4-5,7-12H,3,6,13-15H2,1-2H3,(H,27,35)(H,28,29,30,31). The van der Waals surface area contributed by atoms with Crippen LogP contribution in [-0.4, -0.2) is 53.4 Å². The van der Waals surface area contributed by atoms with E-state index in [-0.39, 0.29) is 18.7 Å². The van der Waals surface area contributed by atoms with Gasteiger partial charge in [-0.25, -0.2) is 9.78 Å². The molecule has 0 saturated heterocycles. The Kier molecular flexibility index (Phi) is 6.54. The van der Waals surface area contributed by atoms with Crippen molar-refractivity contribution >= 4 is 11.2 Å². The van der Waals surface area contributed by atoms with Gasteiger partial charge in [0, 0.05) is 25.6 Å². The molecule has 11 nitrogen and oxygen atoms in total. The maximum absolute atomic E-state index is 13.3. The van der Waals surface area contributed by atoms with Crippen LogP contribution in [0.5, 0.6) is 0 Å². The van der Waals surface area contributed by atoms with E-state index in [9.17, 15) is 9.59 Å². The summed E-state index contributed by atoms with van der Waals surface area (Å²) in [6, 6.07) is 16.0. The molecule has 3 aromatic heterocycles. The SMILES string of the molecule is CCCc1nc2[nH]c(=O)n(CCOC)c(=O)c2n1Cc1ccc(-c2ccccc2-c2nn[nH]n2)cc1. The molecule has 0 aliphatic rings. The summed E-state index contributed by atoms with van der Waals surface area (Å²) < 4.78 is 8.14. The van der Waals surface area contributed by atoms with Crippen molar-refractivity contribution in [3.63, 3.8) is 0 Å². The van der Waals surface area contributed by atoms with Crippen molar-refractivity contribution in [1.29, 1.82) is 0 Å². The molecule has 5 aromatic rings. The first-order valence-electron chi connectivity index (χ1n) is 11.7. The lowest BCUT2D eigenvalue weighted by Gasteiger charge is -2.11. The zero-order valence-electron chi connectivity index (χ0n) is 20.1. The highest BCUT2D eigenvalue weighted by molar-refractivity contribution is 5.80. The van der Waals surface area contributed by atoms with E-state index in [1.165, 1.54) is 7.11 Å². The molecule has 0 spiro atoms. The van der Waals surface area contributed by atoms with Gasteiger partial charge in [-0.15, -0.1) is 10.2 Å². The number of imidazole rings is 1. The van der Waals surface area contributed by atoms with Gasteiger partial charge in [-0.2, -0.15) is 5.21 Å². The minimum atomic E-state index is -0.484. The topological polar surface area (TPSA) is 136 Å². The van der Waals surface area contributed by atoms with E-state index in [2.05, 4.69) is 37.5 Å². The number of nitrogens with zero attached hydrogens (tertiary/aromatic N) is 6. The minimum Gasteiger partial charge on any atom is -0.383 e. The largest absolute Gasteiger partial charge is 0.383 e. The number of aromatic nitrogens is 8. The van der Waals surface area contributed by atoms with Crippen molar-refractivity contribution in [3.8, 4) is 22.5 Å². The highest BCUT2D eigenvalue weighted by atomic mass is 16.5. The molecule has 0 fully saturated rings. The Balaban J connectivity index is 1.53. The summed E-state index contributed by atoms with van der Waals surface area (Å²) >= 11 is 0. The Morgan fingerprint density at radius 1 is 1.00 bits per heavy atom. The lowest BCUT2D eigenvalue weighted by molar-refractivity contribution is 0.185. The molecule has 0 amide bonds. The summed E-state index contributed by atoms with van der Waals surface area (Å²) in [5.41, 5.74) is 3.73. The summed E-state index contributed by atoms with van der Waals surface area (Å²) in [4.78, 5) is 33.1. The molecule has 184 valence electrons. The molecular formula is C25H26N8O3. The Bertz CT molecular complexity index is 1600. The van der Waals surface area contributed by atoms with Gasteiger partial charge in [-0.05, 0) is 28.3 Å². The number of fused-ring (bicyclic) bond motifs is 1. The number of aryl methyl sites for hydroxylation is 1. The monoisotopic (exact) mass is 486 g/mol. The van der Waals surface area contributed by atoms with Crippen molar-refractivity contribution < 1.29 is 4.74 Å². The first-order valence-corrected chi connectivity index (χ1v) is 11.7. The Morgan fingerprint density at radius 3 is 2.47 bits per heavy atom. The molecule has 0 aliphatic carbocycles. The average molecular weight is 487 g/mol. The van der Waals surface area contributed by atoms with Crippen LogP contribution in [-0.2, 0) is 24.2 Å². The molecular weight excluding hydrogens is 460 g/mol. The minimum absolute atomic E-state index is 0.170. The number of hydrogen-bond acceptors (Lipinski definition) is 7. The van der Waals surface area contributed by atoms with E-state index in [0.717, 1.165) is 39.1 Å². The van der Waals surface area contributed by atoms with Gasteiger partial charge in [0.05, 0.1) is 13.2 Å². The van der Waals surface area contributed by atoms with Crippen LogP contribution >= 0.6 is 0 Å². The molecule has 0 saturated carbocycles. The number of H-pyrrole nitrogens is 2. The molecule has 11 heteroatoms. The molecule has 2 aromatic carbocycles. The first-order chi connectivity index (χ1) is 17.6. The van der Waals surface area contributed by atoms with Crippen LogP contribution in [0, 0.1) is 0 Å². The molecule has 36 heavy (non-hydrogen) atoms. The second-order valence-corrected chi connectivity index (χ2v) is 8.42. The Hall–Kier alpha value is -4.38. The Labute approximate surface area is 205 Å². The predicted molar refractivity (Wildman–Crippen MR) is 135 cm³/mol. The van der Waals surface area contributed by atoms with Gasteiger partial charge in [0.1, 0.15) is 5.82 Å². The van der Waals surface area contributed by atoms with Gasteiger partial charge in [-0.3, -0.25) is 14.3 Å². The number of ether oxygens (including phenoxy) is 1. The number of aromatic amines is 2. The number of methoxy groups -OCH3 is 1. The van der Waals surface area contributed by atoms with Crippen LogP contribution in [0.3, 0.4) is 0 Å². The van der Waals surface area contributed by atoms with Crippen LogP contribution in [0.2, 0.25) is 0 Å². The number of benzene rings is 2. The number of tetrazole rings is 1. The number of rotatable bonds is 9. The van der Waals surface area contributed by atoms with Gasteiger partial charge in [0.25, 0.3) is 5.56 Å². The molecule has 0 unspecified atom stereocenters. The van der Waals surface area contributed by atoms with Crippen LogP contribution in [0.1, 0.15) is 24.7 Å². The van der Waals surface area contributed by atoms with Crippen LogP contribution in [0.25, 0.3) is 33.7 Å². The van der Waals surface area contributed by atoms with Gasteiger partial charge in [-0.1, -0.05) is 55.5 Å². The normalized spacial score (nSPS) is 11.4. The number of nitrogens with one attached hydrogen (secondary N) is 2. The van der Waals surface area contributed by atoms with Crippen molar-refractivity contribution in [2.45, 2.75) is 32.9 Å². The summed E-state index contributed by atoms with van der Waals surface area (Å²) in [6.45, 7) is 2.93. The lowest BCUT2D eigenvalue weighted by Crippen LogP contribution is -2.37. The van der Waals surface area contributed by atoms with Crippen molar-refractivity contribution in [2.24, 2.45) is 0 Å². The molecule has 0 bridgehead atoms. The van der Waals surface area contributed by atoms with E-state index in [1.54, 1.807) is 0 Å². The van der Waals surface area contributed by atoms with Crippen molar-refractivity contribution in [1.82, 2.24) is 39.7 Å². The fourth-order valence-electron chi connectivity index (χ4n) is 4.34. The summed E-state index contributed by atoms with van der Waals surface area (Å²) in [5.74, 6) is 1.29. The van der Waals surface area contributed by atoms with Crippen LogP contribution in [0.4, 0.5) is 0 Å². The first kappa shape index (κ1) is 23.4. The van der Waals surface area contributed by atoms with Gasteiger partial charge >= 0.3 is 5.69 Å². The maximum Gasteiger partial charge on any atom is 0.330 e. The molecule has 0 aliphatic heterocycles. The smallest absolute Gasteiger partial charge is 0.330 e. The highest BCUT2D eigenvalue weighted by Gasteiger charge is 2.18. The molecule has 2 N–H and O–H groups in total. The summed E-state index contributed by atoms with van der Waals surface area (Å²) in [5, 5.41) is 14.4. The van der Waals surface area contributed by atoms with E-state index in [4.69, 9.17) is 4.74 Å². The average Bonchev–Trinajstić information content (AvgIpc) is 3.54. The van der Waals surface area contributed by atoms with E-state index >= 15 is 0 Å². The molecule has 0 atom stereocenters. The molecule has 5 rings (SSSR count). The quantitative estimate of drug-likeness (QED) is 0.326. The summed E-state index contributed by atoms with van der Waals surface area (Å²) in [6.07, 6.45) is 1.54. The number of hydrogen-bond donors (Lipinski definition) is 2. The van der Waals surface area contributed by atoms with Gasteiger partial charge < -0.3 is 9.30 Å². The third-order valence-electron chi connectivity index (χ3n) is 6.08. The van der Waals surface area contributed by atoms with E-state index < -0.39 is 5.69 Å². The predicted octanol–water partition coefficient (Wildman–Crippen LogP) is 2.38. The highest BCUT2D eigenvalue weighted by Crippen LogP contribution is 2.30. The zero-order chi connectivity index (χ0) is 25.1. The van der Waals surface area contributed by atoms with Crippen LogP contribution < -0.4 is 11.2 Å². The maximum atomic E-state index is 13.3. The van der Waals surface area contributed by atoms with E-state index in [1.807, 2.05) is 53.1 Å². The van der Waals surface area contributed by atoms with Crippen molar-refractivity contribution in [2.75, 3.05) is 13.7 Å². The fraction of sp³-hybridized carbons (Fsp3) is 0.280. The van der Waals surface area contributed by atoms with E-state index in [0.29, 0.717) is 30.0 Å². The second-order valence-electron chi connectivity index (χ2n) is 8.42. The third kappa shape index (κ3) is 4.36. The van der Waals surface area contributed by atoms with Gasteiger partial charge in [0.15, 0.2) is 11.2 Å². The Morgan fingerprint density at radius 2 is 1.78 bits per heavy atom. The molecule has 3 heterocycles. The summed E-state index contributed by atoms with van der Waals surface area (Å²) in [7, 11) is 1.53. The third-order valence-corrected chi connectivity index (χ3v) is 6.08. The second kappa shape index (κ2) is 10.1. The lowest BCUT2D eigenvalue weighted by atomic mass is 9.98. The van der Waals surface area contributed by atoms with Crippen LogP contribution in [0.15, 0.2) is 58.1 Å². The molecule has 0 radical (unpaired) electrons. The fourth-order valence-corrected chi connectivity index (χ4v) is 4.34. The van der Waals surface area contributed by atoms with Gasteiger partial charge in [0.2, 0.25) is 5.82 Å².